The number of rotatable bonds is 12. The van der Waals surface area contributed by atoms with Crippen molar-refractivity contribution in [1.82, 2.24) is 5.43 Å². The van der Waals surface area contributed by atoms with Crippen molar-refractivity contribution >= 4 is 18.1 Å². The fourth-order valence-corrected chi connectivity index (χ4v) is 3.99. The van der Waals surface area contributed by atoms with Crippen molar-refractivity contribution in [1.29, 1.82) is 0 Å². The molecule has 0 aromatic rings. The summed E-state index contributed by atoms with van der Waals surface area (Å²) in [6.07, 6.45) is 12.4. The molecule has 2 rings (SSSR count). The molecule has 2 N–H and O–H groups in total. The summed E-state index contributed by atoms with van der Waals surface area (Å²) >= 11 is 0. The Morgan fingerprint density at radius 3 is 2.64 bits per heavy atom. The highest BCUT2D eigenvalue weighted by atomic mass is 16.5. The van der Waals surface area contributed by atoms with E-state index in [0.717, 1.165) is 57.8 Å². The number of carboxylic acids is 1. The zero-order valence-electron chi connectivity index (χ0n) is 15.3. The van der Waals surface area contributed by atoms with Crippen LogP contribution in [-0.2, 0) is 14.3 Å². The van der Waals surface area contributed by atoms with Crippen molar-refractivity contribution in [3.8, 4) is 0 Å². The van der Waals surface area contributed by atoms with Crippen LogP contribution in [0.4, 0.5) is 0 Å². The lowest BCUT2D eigenvalue weighted by Crippen LogP contribution is -2.29. The largest absolute Gasteiger partial charge is 0.481 e. The summed E-state index contributed by atoms with van der Waals surface area (Å²) in [7, 11) is 0. The first-order chi connectivity index (χ1) is 12.1. The van der Waals surface area contributed by atoms with E-state index in [1.165, 1.54) is 0 Å². The van der Waals surface area contributed by atoms with Crippen LogP contribution < -0.4 is 5.43 Å². The quantitative estimate of drug-likeness (QED) is 0.320. The maximum atomic E-state index is 11.6. The first-order valence-electron chi connectivity index (χ1n) is 9.81. The second kappa shape index (κ2) is 10.5. The number of carbonyl (C=O) groups is 2. The number of hydrogen-bond donors (Lipinski definition) is 2. The molecule has 0 aromatic carbocycles. The Balaban J connectivity index is 1.71. The van der Waals surface area contributed by atoms with Gasteiger partial charge in [0, 0.05) is 25.0 Å². The Morgan fingerprint density at radius 2 is 1.88 bits per heavy atom. The molecule has 2 bridgehead atoms. The van der Waals surface area contributed by atoms with Gasteiger partial charge in [-0.1, -0.05) is 32.6 Å². The van der Waals surface area contributed by atoms with E-state index in [0.29, 0.717) is 24.4 Å². The van der Waals surface area contributed by atoms with Gasteiger partial charge in [0.2, 0.25) is 5.91 Å². The molecule has 0 aliphatic carbocycles. The Morgan fingerprint density at radius 1 is 1.12 bits per heavy atom. The molecule has 4 unspecified atom stereocenters. The van der Waals surface area contributed by atoms with Crippen molar-refractivity contribution in [3.63, 3.8) is 0 Å². The lowest BCUT2D eigenvalue weighted by Gasteiger charge is -2.25. The van der Waals surface area contributed by atoms with Gasteiger partial charge in [0.05, 0.1) is 12.2 Å². The average molecular weight is 352 g/mol. The number of fused-ring (bicyclic) bond motifs is 2. The van der Waals surface area contributed by atoms with E-state index >= 15 is 0 Å². The smallest absolute Gasteiger partial charge is 0.303 e. The Kier molecular flexibility index (Phi) is 8.38. The van der Waals surface area contributed by atoms with Crippen LogP contribution in [0.5, 0.6) is 0 Å². The number of hydrogen-bond acceptors (Lipinski definition) is 4. The summed E-state index contributed by atoms with van der Waals surface area (Å²) in [5.41, 5.74) is 2.64. The van der Waals surface area contributed by atoms with Crippen LogP contribution in [0.25, 0.3) is 0 Å². The monoisotopic (exact) mass is 352 g/mol. The molecule has 4 atom stereocenters. The van der Waals surface area contributed by atoms with Crippen LogP contribution in [0.2, 0.25) is 0 Å². The van der Waals surface area contributed by atoms with Crippen LogP contribution in [0.15, 0.2) is 5.10 Å². The molecule has 2 saturated heterocycles. The van der Waals surface area contributed by atoms with Crippen molar-refractivity contribution in [2.24, 2.45) is 16.9 Å². The second-order valence-corrected chi connectivity index (χ2v) is 7.29. The summed E-state index contributed by atoms with van der Waals surface area (Å²) in [4.78, 5) is 22.2. The number of carboxylic acid groups (broad SMARTS) is 1. The molecule has 0 radical (unpaired) electrons. The van der Waals surface area contributed by atoms with Gasteiger partial charge in [0.25, 0.3) is 0 Å². The van der Waals surface area contributed by atoms with E-state index in [9.17, 15) is 9.59 Å². The molecule has 6 heteroatoms. The zero-order valence-corrected chi connectivity index (χ0v) is 15.3. The van der Waals surface area contributed by atoms with Crippen LogP contribution in [-0.4, -0.2) is 35.4 Å². The minimum atomic E-state index is -0.709. The molecule has 2 aliphatic heterocycles. The maximum Gasteiger partial charge on any atom is 0.303 e. The van der Waals surface area contributed by atoms with Crippen LogP contribution in [0.1, 0.15) is 77.6 Å². The third-order valence-corrected chi connectivity index (χ3v) is 5.36. The number of ether oxygens (including phenoxy) is 1. The first-order valence-corrected chi connectivity index (χ1v) is 9.81. The van der Waals surface area contributed by atoms with Crippen molar-refractivity contribution < 1.29 is 19.4 Å². The van der Waals surface area contributed by atoms with Gasteiger partial charge in [0.15, 0.2) is 0 Å². The summed E-state index contributed by atoms with van der Waals surface area (Å²) < 4.78 is 6.05. The van der Waals surface area contributed by atoms with Gasteiger partial charge < -0.3 is 9.84 Å². The number of carbonyl (C=O) groups excluding carboxylic acids is 1. The second-order valence-electron chi connectivity index (χ2n) is 7.29. The van der Waals surface area contributed by atoms with E-state index in [1.807, 2.05) is 6.21 Å². The van der Waals surface area contributed by atoms with Gasteiger partial charge in [-0.2, -0.15) is 5.10 Å². The number of nitrogens with zero attached hydrogens (tertiary/aromatic N) is 1. The van der Waals surface area contributed by atoms with E-state index in [4.69, 9.17) is 9.84 Å². The minimum absolute atomic E-state index is 0.0165. The normalized spacial score (nSPS) is 27.9. The maximum absolute atomic E-state index is 11.6. The number of unbranched alkanes of at least 4 members (excludes halogenated alkanes) is 4. The van der Waals surface area contributed by atoms with Crippen molar-refractivity contribution in [3.05, 3.63) is 0 Å². The molecule has 1 amide bonds. The highest BCUT2D eigenvalue weighted by Gasteiger charge is 2.47. The zero-order chi connectivity index (χ0) is 18.1. The van der Waals surface area contributed by atoms with Gasteiger partial charge in [0.1, 0.15) is 0 Å². The summed E-state index contributed by atoms with van der Waals surface area (Å²) in [6, 6.07) is 0. The molecule has 6 nitrogen and oxygen atoms in total. The van der Waals surface area contributed by atoms with Crippen LogP contribution >= 0.6 is 0 Å². The number of nitrogens with one attached hydrogen (secondary N) is 1. The molecule has 25 heavy (non-hydrogen) atoms. The summed E-state index contributed by atoms with van der Waals surface area (Å²) in [5, 5.41) is 12.8. The van der Waals surface area contributed by atoms with E-state index in [2.05, 4.69) is 17.5 Å². The molecular weight excluding hydrogens is 320 g/mol. The first kappa shape index (κ1) is 19.9. The van der Waals surface area contributed by atoms with Gasteiger partial charge in [-0.05, 0) is 38.0 Å². The van der Waals surface area contributed by atoms with Crippen LogP contribution in [0.3, 0.4) is 0 Å². The Labute approximate surface area is 150 Å². The summed E-state index contributed by atoms with van der Waals surface area (Å²) in [5.74, 6) is 0.0506. The predicted molar refractivity (Wildman–Crippen MR) is 96.4 cm³/mol. The van der Waals surface area contributed by atoms with Crippen molar-refractivity contribution in [2.75, 3.05) is 0 Å². The Bertz CT molecular complexity index is 466. The Hall–Kier alpha value is -1.43. The molecule has 2 heterocycles. The van der Waals surface area contributed by atoms with Gasteiger partial charge >= 0.3 is 5.97 Å². The number of hydrazone groups is 1. The third kappa shape index (κ3) is 6.42. The number of amides is 1. The van der Waals surface area contributed by atoms with Gasteiger partial charge in [-0.25, -0.2) is 5.43 Å². The lowest BCUT2D eigenvalue weighted by atomic mass is 9.77. The van der Waals surface area contributed by atoms with E-state index in [1.54, 1.807) is 0 Å². The van der Waals surface area contributed by atoms with Crippen LogP contribution in [0, 0.1) is 11.8 Å². The van der Waals surface area contributed by atoms with Gasteiger partial charge in [-0.15, -0.1) is 0 Å². The SMILES string of the molecule is CCCCC(=O)N/N=C/C1C2CCC(O2)C1CCCCCCC(=O)O. The fourth-order valence-electron chi connectivity index (χ4n) is 3.99. The molecule has 0 aromatic heterocycles. The highest BCUT2D eigenvalue weighted by Crippen LogP contribution is 2.44. The molecular formula is C19H32N2O4. The molecule has 142 valence electrons. The highest BCUT2D eigenvalue weighted by molar-refractivity contribution is 5.77. The fraction of sp³-hybridized carbons (Fsp3) is 0.842. The minimum Gasteiger partial charge on any atom is -0.481 e. The molecule has 0 saturated carbocycles. The van der Waals surface area contributed by atoms with Gasteiger partial charge in [-0.3, -0.25) is 9.59 Å². The lowest BCUT2D eigenvalue weighted by molar-refractivity contribution is -0.137. The molecule has 0 spiro atoms. The van der Waals surface area contributed by atoms with E-state index < -0.39 is 5.97 Å². The average Bonchev–Trinajstić information content (AvgIpc) is 3.18. The topological polar surface area (TPSA) is 88.0 Å². The van der Waals surface area contributed by atoms with E-state index in [-0.39, 0.29) is 18.4 Å². The summed E-state index contributed by atoms with van der Waals surface area (Å²) in [6.45, 7) is 2.06. The molecule has 2 aliphatic rings. The van der Waals surface area contributed by atoms with Crippen molar-refractivity contribution in [2.45, 2.75) is 89.8 Å². The third-order valence-electron chi connectivity index (χ3n) is 5.36. The standard InChI is InChI=1S/C19H32N2O4/c1-2-3-9-18(22)21-20-13-15-14(16-11-12-17(15)25-16)8-6-4-5-7-10-19(23)24/h13-17H,2-12H2,1H3,(H,21,22)(H,23,24)/b20-13+. The molecule has 2 fully saturated rings. The number of aliphatic carboxylic acids is 1. The predicted octanol–water partition coefficient (Wildman–Crippen LogP) is 3.50.